The van der Waals surface area contributed by atoms with E-state index in [1.54, 1.807) is 4.84 Å². The third-order valence-corrected chi connectivity index (χ3v) is 1.47. The first kappa shape index (κ1) is 10.8. The van der Waals surface area contributed by atoms with Crippen LogP contribution in [0.3, 0.4) is 0 Å². The Labute approximate surface area is 81.8 Å². The van der Waals surface area contributed by atoms with Gasteiger partial charge in [-0.1, -0.05) is 0 Å². The summed E-state index contributed by atoms with van der Waals surface area (Å²) in [5.41, 5.74) is -0.163. The number of nitrogens with zero attached hydrogens (tertiary/aromatic N) is 2. The van der Waals surface area contributed by atoms with Gasteiger partial charge in [-0.2, -0.15) is 18.3 Å². The Hall–Kier alpha value is -1.24. The number of nitrogens with one attached hydrogen (secondary N) is 1. The molecular formula is C6H5ClF3N3O. The second kappa shape index (κ2) is 3.87. The minimum atomic E-state index is -4.36. The highest BCUT2D eigenvalue weighted by Gasteiger charge is 2.28. The molecule has 0 saturated heterocycles. The molecule has 0 fully saturated rings. The normalized spacial score (nSPS) is 11.4. The van der Waals surface area contributed by atoms with E-state index >= 15 is 0 Å². The first-order chi connectivity index (χ1) is 6.42. The Kier molecular flexibility index (Phi) is 3.00. The van der Waals surface area contributed by atoms with Crippen LogP contribution >= 0.6 is 11.8 Å². The van der Waals surface area contributed by atoms with Crippen LogP contribution in [0.4, 0.5) is 13.2 Å². The molecule has 0 aliphatic rings. The van der Waals surface area contributed by atoms with Gasteiger partial charge in [-0.3, -0.25) is 14.3 Å². The van der Waals surface area contributed by atoms with Crippen LogP contribution in [-0.2, 0) is 6.54 Å². The van der Waals surface area contributed by atoms with Crippen LogP contribution in [-0.4, -0.2) is 21.9 Å². The third-order valence-electron chi connectivity index (χ3n) is 1.30. The average molecular weight is 228 g/mol. The minimum absolute atomic E-state index is 0.163. The molecule has 0 spiro atoms. The number of aromatic nitrogens is 2. The second-order valence-electron chi connectivity index (χ2n) is 2.44. The van der Waals surface area contributed by atoms with Crippen LogP contribution in [0.1, 0.15) is 10.5 Å². The zero-order valence-corrected chi connectivity index (χ0v) is 7.43. The van der Waals surface area contributed by atoms with Crippen molar-refractivity contribution >= 4 is 17.7 Å². The van der Waals surface area contributed by atoms with Gasteiger partial charge < -0.3 is 0 Å². The van der Waals surface area contributed by atoms with E-state index in [-0.39, 0.29) is 5.69 Å². The van der Waals surface area contributed by atoms with Gasteiger partial charge in [0.1, 0.15) is 6.54 Å². The van der Waals surface area contributed by atoms with Crippen LogP contribution in [0.2, 0.25) is 0 Å². The summed E-state index contributed by atoms with van der Waals surface area (Å²) >= 11 is 4.96. The Balaban J connectivity index is 2.74. The molecule has 1 rings (SSSR count). The fraction of sp³-hybridized carbons (Fsp3) is 0.333. The van der Waals surface area contributed by atoms with Crippen molar-refractivity contribution < 1.29 is 18.0 Å². The van der Waals surface area contributed by atoms with Crippen molar-refractivity contribution in [2.75, 3.05) is 0 Å². The monoisotopic (exact) mass is 227 g/mol. The molecule has 4 nitrogen and oxygen atoms in total. The van der Waals surface area contributed by atoms with E-state index < -0.39 is 18.6 Å². The van der Waals surface area contributed by atoms with Crippen LogP contribution in [0, 0.1) is 0 Å². The fourth-order valence-electron chi connectivity index (χ4n) is 0.803. The second-order valence-corrected chi connectivity index (χ2v) is 2.63. The van der Waals surface area contributed by atoms with Gasteiger partial charge in [-0.25, -0.2) is 0 Å². The molecule has 1 amide bonds. The molecule has 0 bridgehead atoms. The number of halogens is 4. The van der Waals surface area contributed by atoms with Gasteiger partial charge in [-0.05, 0) is 6.07 Å². The molecule has 0 radical (unpaired) electrons. The van der Waals surface area contributed by atoms with Gasteiger partial charge in [0.05, 0.1) is 0 Å². The zero-order chi connectivity index (χ0) is 10.8. The van der Waals surface area contributed by atoms with Crippen molar-refractivity contribution in [3.8, 4) is 0 Å². The number of rotatable bonds is 2. The Morgan fingerprint density at radius 1 is 1.64 bits per heavy atom. The molecule has 0 atom stereocenters. The number of carbonyl (C=O) groups is 1. The summed E-state index contributed by atoms with van der Waals surface area (Å²) in [4.78, 5) is 12.5. The number of hydrogen-bond acceptors (Lipinski definition) is 2. The molecule has 1 aromatic rings. The predicted molar refractivity (Wildman–Crippen MR) is 41.6 cm³/mol. The molecule has 14 heavy (non-hydrogen) atoms. The van der Waals surface area contributed by atoms with Crippen molar-refractivity contribution in [2.24, 2.45) is 0 Å². The maximum atomic E-state index is 11.8. The summed E-state index contributed by atoms with van der Waals surface area (Å²) in [6.07, 6.45) is -3.31. The van der Waals surface area contributed by atoms with E-state index in [1.807, 2.05) is 0 Å². The molecule has 0 unspecified atom stereocenters. The molecule has 78 valence electrons. The smallest absolute Gasteiger partial charge is 0.266 e. The topological polar surface area (TPSA) is 46.9 Å². The number of alkyl halides is 3. The predicted octanol–water partition coefficient (Wildman–Crippen LogP) is 1.33. The highest BCUT2D eigenvalue weighted by atomic mass is 35.5. The lowest BCUT2D eigenvalue weighted by Crippen LogP contribution is -2.19. The molecule has 0 aliphatic carbocycles. The average Bonchev–Trinajstić information content (AvgIpc) is 2.48. The molecule has 8 heteroatoms. The van der Waals surface area contributed by atoms with Crippen LogP contribution in [0.5, 0.6) is 0 Å². The molecule has 0 aromatic carbocycles. The summed E-state index contributed by atoms with van der Waals surface area (Å²) in [5, 5.41) is 3.37. The van der Waals surface area contributed by atoms with Gasteiger partial charge >= 0.3 is 6.18 Å². The summed E-state index contributed by atoms with van der Waals surface area (Å²) in [6.45, 7) is -1.23. The van der Waals surface area contributed by atoms with Gasteiger partial charge in [0.2, 0.25) is 0 Å². The van der Waals surface area contributed by atoms with E-state index in [2.05, 4.69) is 5.10 Å². The first-order valence-electron chi connectivity index (χ1n) is 3.43. The minimum Gasteiger partial charge on any atom is -0.266 e. The highest BCUT2D eigenvalue weighted by molar-refractivity contribution is 6.23. The molecular weight excluding hydrogens is 223 g/mol. The van der Waals surface area contributed by atoms with E-state index in [4.69, 9.17) is 11.8 Å². The summed E-state index contributed by atoms with van der Waals surface area (Å²) < 4.78 is 36.2. The zero-order valence-electron chi connectivity index (χ0n) is 6.68. The quantitative estimate of drug-likeness (QED) is 0.775. The summed E-state index contributed by atoms with van der Waals surface area (Å²) in [7, 11) is 0. The summed E-state index contributed by atoms with van der Waals surface area (Å²) in [5.74, 6) is -0.743. The molecule has 1 heterocycles. The van der Waals surface area contributed by atoms with Crippen molar-refractivity contribution in [2.45, 2.75) is 12.7 Å². The Morgan fingerprint density at radius 3 is 2.79 bits per heavy atom. The van der Waals surface area contributed by atoms with Gasteiger partial charge in [0, 0.05) is 18.0 Å². The number of hydrogen-bond donors (Lipinski definition) is 1. The maximum Gasteiger partial charge on any atom is 0.408 e. The lowest BCUT2D eigenvalue weighted by molar-refractivity contribution is -0.142. The molecule has 1 aromatic heterocycles. The summed E-state index contributed by atoms with van der Waals surface area (Å²) in [6, 6.07) is 1.14. The Morgan fingerprint density at radius 2 is 2.29 bits per heavy atom. The van der Waals surface area contributed by atoms with Crippen molar-refractivity contribution in [1.29, 1.82) is 0 Å². The molecule has 0 aliphatic heterocycles. The van der Waals surface area contributed by atoms with Crippen LogP contribution in [0.15, 0.2) is 12.3 Å². The maximum absolute atomic E-state index is 11.8. The van der Waals surface area contributed by atoms with Crippen molar-refractivity contribution in [1.82, 2.24) is 14.6 Å². The van der Waals surface area contributed by atoms with E-state index in [1.165, 1.54) is 0 Å². The van der Waals surface area contributed by atoms with E-state index in [9.17, 15) is 18.0 Å². The number of amides is 1. The lowest BCUT2D eigenvalue weighted by atomic mass is 10.4. The van der Waals surface area contributed by atoms with Gasteiger partial charge in [-0.15, -0.1) is 0 Å². The van der Waals surface area contributed by atoms with Gasteiger partial charge in [0.15, 0.2) is 5.69 Å². The van der Waals surface area contributed by atoms with Crippen LogP contribution in [0.25, 0.3) is 0 Å². The largest absolute Gasteiger partial charge is 0.408 e. The Bertz CT molecular complexity index is 335. The standard InChI is InChI=1S/C6H5ClF3N3O/c7-11-5(14)4-1-2-13(12-4)3-6(8,9)10/h1-2H,3H2,(H,11,14). The molecule has 0 saturated carbocycles. The number of carbonyl (C=O) groups excluding carboxylic acids is 1. The first-order valence-corrected chi connectivity index (χ1v) is 3.81. The lowest BCUT2D eigenvalue weighted by Gasteiger charge is -2.04. The highest BCUT2D eigenvalue weighted by Crippen LogP contribution is 2.16. The van der Waals surface area contributed by atoms with Crippen LogP contribution < -0.4 is 4.84 Å². The SMILES string of the molecule is O=C(NCl)c1ccn(CC(F)(F)F)n1. The van der Waals surface area contributed by atoms with Gasteiger partial charge in [0.25, 0.3) is 5.91 Å². The van der Waals surface area contributed by atoms with E-state index in [0.29, 0.717) is 4.68 Å². The molecule has 1 N–H and O–H groups in total. The van der Waals surface area contributed by atoms with E-state index in [0.717, 1.165) is 12.3 Å². The van der Waals surface area contributed by atoms with Crippen molar-refractivity contribution in [3.63, 3.8) is 0 Å². The van der Waals surface area contributed by atoms with Crippen molar-refractivity contribution in [3.05, 3.63) is 18.0 Å². The fourth-order valence-corrected chi connectivity index (χ4v) is 0.900. The third kappa shape index (κ3) is 2.91.